The lowest BCUT2D eigenvalue weighted by atomic mass is 9.85. The van der Waals surface area contributed by atoms with E-state index in [1.54, 1.807) is 0 Å². The van der Waals surface area contributed by atoms with Gasteiger partial charge in [0.05, 0.1) is 0 Å². The summed E-state index contributed by atoms with van der Waals surface area (Å²) in [5.41, 5.74) is 14.5. The van der Waals surface area contributed by atoms with Crippen molar-refractivity contribution in [3.63, 3.8) is 0 Å². The predicted molar refractivity (Wildman–Crippen MR) is 201 cm³/mol. The first-order chi connectivity index (χ1) is 23.2. The second-order valence-corrected chi connectivity index (χ2v) is 13.2. The van der Waals surface area contributed by atoms with Crippen LogP contribution in [0.3, 0.4) is 0 Å². The molecule has 9 rings (SSSR count). The van der Waals surface area contributed by atoms with Gasteiger partial charge in [-0.2, -0.15) is 0 Å². The van der Waals surface area contributed by atoms with Gasteiger partial charge in [-0.15, -0.1) is 0 Å². The summed E-state index contributed by atoms with van der Waals surface area (Å²) in [6, 6.07) is 52.4. The molecule has 0 unspecified atom stereocenters. The Morgan fingerprint density at radius 1 is 0.426 bits per heavy atom. The van der Waals surface area contributed by atoms with Crippen molar-refractivity contribution in [1.82, 2.24) is 0 Å². The van der Waals surface area contributed by atoms with Gasteiger partial charge in [0.2, 0.25) is 0 Å². The topological polar surface area (TPSA) is 6.48 Å². The van der Waals surface area contributed by atoms with Crippen molar-refractivity contribution in [1.29, 1.82) is 0 Å². The van der Waals surface area contributed by atoms with Crippen LogP contribution in [0.25, 0.3) is 43.8 Å². The minimum absolute atomic E-state index is 1.03. The van der Waals surface area contributed by atoms with Crippen LogP contribution in [0, 0.1) is 6.92 Å². The molecule has 0 amide bonds. The summed E-state index contributed by atoms with van der Waals surface area (Å²) in [6.45, 7) is 4.26. The van der Waals surface area contributed by atoms with Crippen LogP contribution in [0.5, 0.6) is 0 Å². The van der Waals surface area contributed by atoms with Gasteiger partial charge in [0, 0.05) is 35.8 Å². The molecule has 0 aromatic heterocycles. The molecule has 2 nitrogen and oxygen atoms in total. The fourth-order valence-electron chi connectivity index (χ4n) is 8.17. The zero-order valence-electron chi connectivity index (χ0n) is 26.9. The number of para-hydroxylation sites is 2. The summed E-state index contributed by atoms with van der Waals surface area (Å²) in [6.07, 6.45) is 4.60. The normalized spacial score (nSPS) is 14.3. The van der Waals surface area contributed by atoms with Gasteiger partial charge in [-0.05, 0) is 124 Å². The predicted octanol–water partition coefficient (Wildman–Crippen LogP) is 11.8. The van der Waals surface area contributed by atoms with E-state index in [1.165, 1.54) is 83.2 Å². The third-order valence-electron chi connectivity index (χ3n) is 10.3. The van der Waals surface area contributed by atoms with Crippen LogP contribution in [0.4, 0.5) is 22.7 Å². The molecule has 2 aliphatic rings. The molecule has 2 heteroatoms. The maximum absolute atomic E-state index is 2.53. The molecule has 0 bridgehead atoms. The summed E-state index contributed by atoms with van der Waals surface area (Å²) < 4.78 is 0. The molecular formula is C45H38N2. The number of aryl methyl sites for hydroxylation is 3. The summed E-state index contributed by atoms with van der Waals surface area (Å²) >= 11 is 0. The van der Waals surface area contributed by atoms with Crippen molar-refractivity contribution in [2.45, 2.75) is 32.6 Å². The van der Waals surface area contributed by atoms with Crippen molar-refractivity contribution < 1.29 is 0 Å². The van der Waals surface area contributed by atoms with Gasteiger partial charge < -0.3 is 9.80 Å². The lowest BCUT2D eigenvalue weighted by Gasteiger charge is -2.32. The molecule has 2 aliphatic heterocycles. The highest BCUT2D eigenvalue weighted by molar-refractivity contribution is 6.22. The van der Waals surface area contributed by atoms with E-state index in [9.17, 15) is 0 Å². The van der Waals surface area contributed by atoms with Crippen LogP contribution >= 0.6 is 0 Å². The summed E-state index contributed by atoms with van der Waals surface area (Å²) in [4.78, 5) is 5.06. The number of benzene rings is 7. The molecule has 47 heavy (non-hydrogen) atoms. The van der Waals surface area contributed by atoms with Crippen molar-refractivity contribution in [2.24, 2.45) is 0 Å². The number of fused-ring (bicyclic) bond motifs is 4. The van der Waals surface area contributed by atoms with Crippen molar-refractivity contribution in [3.8, 4) is 22.3 Å². The average molecular weight is 607 g/mol. The van der Waals surface area contributed by atoms with Gasteiger partial charge in [-0.1, -0.05) is 109 Å². The summed E-state index contributed by atoms with van der Waals surface area (Å²) in [5, 5.41) is 5.20. The Kier molecular flexibility index (Phi) is 6.82. The molecule has 228 valence electrons. The second kappa shape index (κ2) is 11.5. The third kappa shape index (κ3) is 4.79. The highest BCUT2D eigenvalue weighted by atomic mass is 15.1. The van der Waals surface area contributed by atoms with Crippen molar-refractivity contribution >= 4 is 44.3 Å². The van der Waals surface area contributed by atoms with E-state index in [0.717, 1.165) is 38.8 Å². The minimum Gasteiger partial charge on any atom is -0.341 e. The van der Waals surface area contributed by atoms with E-state index in [0.29, 0.717) is 0 Å². The lowest BCUT2D eigenvalue weighted by Crippen LogP contribution is -2.24. The molecule has 0 aliphatic carbocycles. The SMILES string of the molecule is Cc1cccc(-c2c3ccc(N4CCCc5ccccc54)cc3c(-c3ccccc3)c3ccc(N4CCCc5ccccc54)cc23)c1. The molecule has 0 N–H and O–H groups in total. The van der Waals surface area contributed by atoms with Crippen LogP contribution < -0.4 is 9.80 Å². The number of hydrogen-bond donors (Lipinski definition) is 0. The molecule has 7 aromatic rings. The fraction of sp³-hybridized carbons (Fsp3) is 0.156. The first kappa shape index (κ1) is 27.9. The monoisotopic (exact) mass is 606 g/mol. The third-order valence-corrected chi connectivity index (χ3v) is 10.3. The van der Waals surface area contributed by atoms with Gasteiger partial charge in [-0.25, -0.2) is 0 Å². The zero-order chi connectivity index (χ0) is 31.3. The Morgan fingerprint density at radius 3 is 1.51 bits per heavy atom. The Labute approximate surface area is 277 Å². The Morgan fingerprint density at radius 2 is 0.936 bits per heavy atom. The molecule has 0 spiro atoms. The first-order valence-corrected chi connectivity index (χ1v) is 17.1. The van der Waals surface area contributed by atoms with E-state index in [-0.39, 0.29) is 0 Å². The van der Waals surface area contributed by atoms with E-state index < -0.39 is 0 Å². The van der Waals surface area contributed by atoms with Crippen LogP contribution in [0.1, 0.15) is 29.5 Å². The van der Waals surface area contributed by atoms with E-state index in [1.807, 2.05) is 0 Å². The maximum atomic E-state index is 2.53. The molecule has 7 aromatic carbocycles. The Hall–Kier alpha value is -5.34. The van der Waals surface area contributed by atoms with Crippen molar-refractivity contribution in [2.75, 3.05) is 22.9 Å². The van der Waals surface area contributed by atoms with Crippen molar-refractivity contribution in [3.05, 3.63) is 156 Å². The van der Waals surface area contributed by atoms with E-state index in [4.69, 9.17) is 0 Å². The fourth-order valence-corrected chi connectivity index (χ4v) is 8.17. The first-order valence-electron chi connectivity index (χ1n) is 17.1. The molecule has 0 radical (unpaired) electrons. The Balaban J connectivity index is 1.35. The lowest BCUT2D eigenvalue weighted by molar-refractivity contribution is 0.767. The van der Waals surface area contributed by atoms with E-state index >= 15 is 0 Å². The molecule has 0 saturated heterocycles. The van der Waals surface area contributed by atoms with Gasteiger partial charge in [0.15, 0.2) is 0 Å². The zero-order valence-corrected chi connectivity index (χ0v) is 26.9. The van der Waals surface area contributed by atoms with Gasteiger partial charge in [0.25, 0.3) is 0 Å². The maximum Gasteiger partial charge on any atom is 0.0443 e. The van der Waals surface area contributed by atoms with Gasteiger partial charge in [-0.3, -0.25) is 0 Å². The van der Waals surface area contributed by atoms with Crippen LogP contribution in [-0.4, -0.2) is 13.1 Å². The van der Waals surface area contributed by atoms with Crippen LogP contribution in [-0.2, 0) is 12.8 Å². The number of rotatable bonds is 4. The number of nitrogens with zero attached hydrogens (tertiary/aromatic N) is 2. The van der Waals surface area contributed by atoms with Gasteiger partial charge in [0.1, 0.15) is 0 Å². The Bertz CT molecular complexity index is 2280. The standard InChI is InChI=1S/C45H38N2/c1-31-12-9-17-35(28-31)45-39-25-23-36(46-26-10-18-32-13-5-7-20-42(32)46)29-40(39)44(34-15-3-2-4-16-34)38-24-22-37(30-41(38)45)47-27-11-19-33-14-6-8-21-43(33)47/h2-9,12-17,20-25,28-30H,10-11,18-19,26-27H2,1H3. The quantitative estimate of drug-likeness (QED) is 0.184. The number of anilines is 4. The molecule has 0 fully saturated rings. The highest BCUT2D eigenvalue weighted by Crippen LogP contribution is 2.47. The summed E-state index contributed by atoms with van der Waals surface area (Å²) in [5.74, 6) is 0. The largest absolute Gasteiger partial charge is 0.341 e. The number of hydrogen-bond acceptors (Lipinski definition) is 2. The molecule has 2 heterocycles. The molecular weight excluding hydrogens is 569 g/mol. The molecule has 0 saturated carbocycles. The van der Waals surface area contributed by atoms with Gasteiger partial charge >= 0.3 is 0 Å². The summed E-state index contributed by atoms with van der Waals surface area (Å²) in [7, 11) is 0. The smallest absolute Gasteiger partial charge is 0.0443 e. The van der Waals surface area contributed by atoms with E-state index in [2.05, 4.69) is 156 Å². The second-order valence-electron chi connectivity index (χ2n) is 13.2. The minimum atomic E-state index is 1.03. The van der Waals surface area contributed by atoms with Crippen LogP contribution in [0.2, 0.25) is 0 Å². The average Bonchev–Trinajstić information content (AvgIpc) is 3.13. The highest BCUT2D eigenvalue weighted by Gasteiger charge is 2.23. The van der Waals surface area contributed by atoms with Crippen LogP contribution in [0.15, 0.2) is 140 Å². The molecule has 0 atom stereocenters.